The molecule has 1 saturated heterocycles. The van der Waals surface area contributed by atoms with E-state index in [0.29, 0.717) is 30.1 Å². The van der Waals surface area contributed by atoms with Crippen LogP contribution < -0.4 is 0 Å². The third kappa shape index (κ3) is 2.67. The topological polar surface area (TPSA) is 73.1 Å². The smallest absolute Gasteiger partial charge is 0.241 e. The lowest BCUT2D eigenvalue weighted by molar-refractivity contribution is 0.192. The van der Waals surface area contributed by atoms with E-state index in [1.165, 1.54) is 12.8 Å². The molecule has 0 aromatic carbocycles. The van der Waals surface area contributed by atoms with Crippen LogP contribution in [0.5, 0.6) is 0 Å². The Morgan fingerprint density at radius 3 is 3.14 bits per heavy atom. The van der Waals surface area contributed by atoms with E-state index in [1.54, 1.807) is 6.26 Å². The summed E-state index contributed by atoms with van der Waals surface area (Å²) in [5.74, 6) is 1.76. The van der Waals surface area contributed by atoms with Crippen LogP contribution in [0.25, 0.3) is 11.6 Å². The van der Waals surface area contributed by atoms with Gasteiger partial charge in [-0.05, 0) is 37.6 Å². The highest BCUT2D eigenvalue weighted by atomic mass is 16.5. The second-order valence-electron chi connectivity index (χ2n) is 5.48. The number of rotatable bonds is 5. The van der Waals surface area contributed by atoms with Gasteiger partial charge in [-0.3, -0.25) is 9.58 Å². The van der Waals surface area contributed by atoms with Crippen LogP contribution in [0.2, 0.25) is 0 Å². The average molecular weight is 299 g/mol. The molecule has 7 heteroatoms. The van der Waals surface area contributed by atoms with E-state index in [-0.39, 0.29) is 0 Å². The second kappa shape index (κ2) is 5.76. The van der Waals surface area contributed by atoms with Crippen molar-refractivity contribution in [1.82, 2.24) is 24.8 Å². The largest absolute Gasteiger partial charge is 0.461 e. The first-order valence-electron chi connectivity index (χ1n) is 7.46. The lowest BCUT2D eigenvalue weighted by Gasteiger charge is -2.22. The van der Waals surface area contributed by atoms with Crippen molar-refractivity contribution in [3.63, 3.8) is 0 Å². The van der Waals surface area contributed by atoms with E-state index in [4.69, 9.17) is 8.94 Å². The summed E-state index contributed by atoms with van der Waals surface area (Å²) in [6.07, 6.45) is 7.77. The zero-order valence-electron chi connectivity index (χ0n) is 12.1. The van der Waals surface area contributed by atoms with Crippen LogP contribution in [-0.2, 0) is 13.1 Å². The van der Waals surface area contributed by atoms with Crippen LogP contribution in [0.3, 0.4) is 0 Å². The normalized spacial score (nSPS) is 19.0. The minimum Gasteiger partial charge on any atom is -0.461 e. The first-order chi connectivity index (χ1) is 10.9. The molecule has 0 bridgehead atoms. The van der Waals surface area contributed by atoms with E-state index in [0.717, 1.165) is 13.1 Å². The van der Waals surface area contributed by atoms with Crippen molar-refractivity contribution >= 4 is 0 Å². The third-order valence-electron chi connectivity index (χ3n) is 4.00. The Morgan fingerprint density at radius 1 is 1.32 bits per heavy atom. The molecular weight excluding hydrogens is 282 g/mol. The van der Waals surface area contributed by atoms with Gasteiger partial charge in [-0.1, -0.05) is 5.16 Å². The zero-order chi connectivity index (χ0) is 14.8. The maximum Gasteiger partial charge on any atom is 0.241 e. The summed E-state index contributed by atoms with van der Waals surface area (Å²) in [7, 11) is 0. The first kappa shape index (κ1) is 13.3. The highest BCUT2D eigenvalue weighted by molar-refractivity contribution is 5.44. The van der Waals surface area contributed by atoms with Gasteiger partial charge < -0.3 is 8.94 Å². The molecule has 4 rings (SSSR count). The van der Waals surface area contributed by atoms with Crippen molar-refractivity contribution in [3.8, 4) is 11.6 Å². The van der Waals surface area contributed by atoms with E-state index in [2.05, 4.69) is 20.1 Å². The summed E-state index contributed by atoms with van der Waals surface area (Å²) in [6.45, 7) is 2.61. The molecule has 1 aliphatic heterocycles. The number of nitrogens with zero attached hydrogens (tertiary/aromatic N) is 5. The van der Waals surface area contributed by atoms with Gasteiger partial charge in [0.25, 0.3) is 0 Å². The summed E-state index contributed by atoms with van der Waals surface area (Å²) in [5.41, 5.74) is 0. The number of aromatic nitrogens is 4. The standard InChI is InChI=1S/C15H17N5O2/c1-4-12(10-20-8-3-6-16-20)19(7-1)11-14-17-15(18-22-14)13-5-2-9-21-13/h2-3,5-6,8-9,12H,1,4,7,10-11H2. The molecule has 4 heterocycles. The SMILES string of the molecule is c1coc(-c2noc(CN3CCCC3Cn3cccn3)n2)c1. The van der Waals surface area contributed by atoms with Gasteiger partial charge in [0, 0.05) is 18.4 Å². The molecule has 3 aromatic rings. The molecule has 1 unspecified atom stereocenters. The van der Waals surface area contributed by atoms with Crippen molar-refractivity contribution in [2.24, 2.45) is 0 Å². The number of likely N-dealkylation sites (tertiary alicyclic amines) is 1. The van der Waals surface area contributed by atoms with E-state index >= 15 is 0 Å². The molecule has 3 aromatic heterocycles. The van der Waals surface area contributed by atoms with Crippen molar-refractivity contribution in [2.75, 3.05) is 6.54 Å². The minimum absolute atomic E-state index is 0.457. The molecule has 1 fully saturated rings. The van der Waals surface area contributed by atoms with Crippen LogP contribution in [0.15, 0.2) is 45.8 Å². The van der Waals surface area contributed by atoms with E-state index < -0.39 is 0 Å². The van der Waals surface area contributed by atoms with Crippen LogP contribution in [0.4, 0.5) is 0 Å². The highest BCUT2D eigenvalue weighted by Crippen LogP contribution is 2.22. The predicted molar refractivity (Wildman–Crippen MR) is 77.7 cm³/mol. The molecule has 1 atom stereocenters. The molecule has 0 amide bonds. The van der Waals surface area contributed by atoms with Gasteiger partial charge in [0.15, 0.2) is 5.76 Å². The van der Waals surface area contributed by atoms with Crippen LogP contribution >= 0.6 is 0 Å². The third-order valence-corrected chi connectivity index (χ3v) is 4.00. The maximum atomic E-state index is 5.35. The predicted octanol–water partition coefficient (Wildman–Crippen LogP) is 2.19. The lowest BCUT2D eigenvalue weighted by Crippen LogP contribution is -2.32. The lowest BCUT2D eigenvalue weighted by atomic mass is 10.2. The number of hydrogen-bond donors (Lipinski definition) is 0. The van der Waals surface area contributed by atoms with Gasteiger partial charge in [0.1, 0.15) is 0 Å². The second-order valence-corrected chi connectivity index (χ2v) is 5.48. The van der Waals surface area contributed by atoms with Gasteiger partial charge in [-0.25, -0.2) is 0 Å². The summed E-state index contributed by atoms with van der Waals surface area (Å²) in [6, 6.07) is 6.04. The molecule has 0 saturated carbocycles. The molecule has 0 aliphatic carbocycles. The van der Waals surface area contributed by atoms with Gasteiger partial charge in [-0.2, -0.15) is 10.1 Å². The van der Waals surface area contributed by atoms with Crippen molar-refractivity contribution in [2.45, 2.75) is 32.0 Å². The molecule has 0 spiro atoms. The van der Waals surface area contributed by atoms with Crippen molar-refractivity contribution in [1.29, 1.82) is 0 Å². The minimum atomic E-state index is 0.457. The molecule has 114 valence electrons. The Morgan fingerprint density at radius 2 is 2.32 bits per heavy atom. The fraction of sp³-hybridized carbons (Fsp3) is 0.400. The van der Waals surface area contributed by atoms with Crippen LogP contribution in [0.1, 0.15) is 18.7 Å². The highest BCUT2D eigenvalue weighted by Gasteiger charge is 2.26. The maximum absolute atomic E-state index is 5.35. The zero-order valence-corrected chi connectivity index (χ0v) is 12.1. The Labute approximate surface area is 127 Å². The van der Waals surface area contributed by atoms with Gasteiger partial charge in [0.2, 0.25) is 11.7 Å². The summed E-state index contributed by atoms with van der Waals surface area (Å²) < 4.78 is 12.6. The quantitative estimate of drug-likeness (QED) is 0.719. The molecule has 1 aliphatic rings. The van der Waals surface area contributed by atoms with Crippen LogP contribution in [-0.4, -0.2) is 37.4 Å². The van der Waals surface area contributed by atoms with Gasteiger partial charge in [-0.15, -0.1) is 0 Å². The van der Waals surface area contributed by atoms with E-state index in [9.17, 15) is 0 Å². The Kier molecular flexibility index (Phi) is 3.48. The Hall–Kier alpha value is -2.41. The van der Waals surface area contributed by atoms with Crippen molar-refractivity contribution < 1.29 is 8.94 Å². The average Bonchev–Trinajstić information content (AvgIpc) is 3.28. The first-order valence-corrected chi connectivity index (χ1v) is 7.46. The number of hydrogen-bond acceptors (Lipinski definition) is 6. The molecular formula is C15H17N5O2. The van der Waals surface area contributed by atoms with Crippen LogP contribution in [0, 0.1) is 0 Å². The van der Waals surface area contributed by atoms with Gasteiger partial charge >= 0.3 is 0 Å². The fourth-order valence-corrected chi connectivity index (χ4v) is 2.93. The fourth-order valence-electron chi connectivity index (χ4n) is 2.93. The van der Waals surface area contributed by atoms with E-state index in [1.807, 2.05) is 35.3 Å². The summed E-state index contributed by atoms with van der Waals surface area (Å²) >= 11 is 0. The monoisotopic (exact) mass is 299 g/mol. The molecule has 0 radical (unpaired) electrons. The molecule has 7 nitrogen and oxygen atoms in total. The van der Waals surface area contributed by atoms with Gasteiger partial charge in [0.05, 0.1) is 19.4 Å². The number of furan rings is 1. The Balaban J connectivity index is 1.44. The molecule has 0 N–H and O–H groups in total. The summed E-state index contributed by atoms with van der Waals surface area (Å²) in [5, 5.41) is 8.26. The molecule has 22 heavy (non-hydrogen) atoms. The van der Waals surface area contributed by atoms with Crippen molar-refractivity contribution in [3.05, 3.63) is 42.7 Å². The Bertz CT molecular complexity index is 704. The summed E-state index contributed by atoms with van der Waals surface area (Å²) in [4.78, 5) is 6.79.